The molecule has 1 spiro atoms. The van der Waals surface area contributed by atoms with E-state index in [-0.39, 0.29) is 36.2 Å². The number of benzene rings is 2. The number of hydrogen-bond acceptors (Lipinski definition) is 6. The highest BCUT2D eigenvalue weighted by molar-refractivity contribution is 6.26. The van der Waals surface area contributed by atoms with Crippen molar-refractivity contribution in [1.82, 2.24) is 9.80 Å². The van der Waals surface area contributed by atoms with Gasteiger partial charge in [-0.05, 0) is 37.6 Å². The Labute approximate surface area is 220 Å². The summed E-state index contributed by atoms with van der Waals surface area (Å²) in [7, 11) is 0. The molecule has 2 aromatic carbocycles. The molecule has 5 aliphatic heterocycles. The van der Waals surface area contributed by atoms with Crippen LogP contribution in [0, 0.1) is 11.8 Å². The largest absolute Gasteiger partial charge is 0.378 e. The van der Waals surface area contributed by atoms with E-state index in [1.165, 1.54) is 4.90 Å². The monoisotopic (exact) mass is 514 g/mol. The van der Waals surface area contributed by atoms with E-state index in [1.807, 2.05) is 42.5 Å². The second kappa shape index (κ2) is 8.74. The van der Waals surface area contributed by atoms with Gasteiger partial charge >= 0.3 is 0 Å². The summed E-state index contributed by atoms with van der Waals surface area (Å²) >= 11 is 0. The topological polar surface area (TPSA) is 90.5 Å². The number of imide groups is 1. The van der Waals surface area contributed by atoms with E-state index >= 15 is 0 Å². The molecule has 9 heteroatoms. The smallest absolute Gasteiger partial charge is 0.253 e. The van der Waals surface area contributed by atoms with E-state index in [1.54, 1.807) is 21.9 Å². The number of amides is 4. The normalized spacial score (nSPS) is 30.7. The number of para-hydroxylation sites is 2. The first-order valence-corrected chi connectivity index (χ1v) is 13.5. The molecule has 0 bridgehead atoms. The Morgan fingerprint density at radius 1 is 0.895 bits per heavy atom. The fraction of sp³-hybridized carbons (Fsp3) is 0.448. The average Bonchev–Trinajstić information content (AvgIpc) is 3.51. The first-order valence-electron chi connectivity index (χ1n) is 13.5. The Hall–Kier alpha value is -3.56. The minimum absolute atomic E-state index is 0.0992. The van der Waals surface area contributed by atoms with Gasteiger partial charge in [-0.1, -0.05) is 42.8 Å². The maximum Gasteiger partial charge on any atom is 0.253 e. The summed E-state index contributed by atoms with van der Waals surface area (Å²) in [6.07, 6.45) is 2.60. The third-order valence-electron chi connectivity index (χ3n) is 9.07. The van der Waals surface area contributed by atoms with Crippen LogP contribution in [0.3, 0.4) is 0 Å². The van der Waals surface area contributed by atoms with Crippen molar-refractivity contribution >= 4 is 35.0 Å². The number of morpholine rings is 1. The Balaban J connectivity index is 1.35. The summed E-state index contributed by atoms with van der Waals surface area (Å²) < 4.78 is 5.39. The zero-order chi connectivity index (χ0) is 26.0. The molecule has 0 aliphatic carbocycles. The van der Waals surface area contributed by atoms with E-state index in [0.717, 1.165) is 24.8 Å². The SMILES string of the molecule is O=C(CN1C(=O)[C@]2(c3ccccc31)[C@@H]1C(=O)N(c3ccccc3)C(=O)[C@@H]1[C@@H]1CCCCN12)N1CCOCC1. The number of anilines is 2. The van der Waals surface area contributed by atoms with Crippen LogP contribution < -0.4 is 9.80 Å². The van der Waals surface area contributed by atoms with E-state index < -0.39 is 17.4 Å². The minimum atomic E-state index is -1.30. The van der Waals surface area contributed by atoms with Gasteiger partial charge in [-0.2, -0.15) is 0 Å². The number of fused-ring (bicyclic) bond motifs is 7. The fourth-order valence-corrected chi connectivity index (χ4v) is 7.54. The Bertz CT molecular complexity index is 1330. The lowest BCUT2D eigenvalue weighted by Crippen LogP contribution is -2.59. The van der Waals surface area contributed by atoms with Gasteiger partial charge in [0.2, 0.25) is 17.7 Å². The van der Waals surface area contributed by atoms with Crippen LogP contribution in [0.4, 0.5) is 11.4 Å². The summed E-state index contributed by atoms with van der Waals surface area (Å²) in [6, 6.07) is 16.3. The third-order valence-corrected chi connectivity index (χ3v) is 9.07. The maximum absolute atomic E-state index is 14.7. The van der Waals surface area contributed by atoms with E-state index in [9.17, 15) is 19.2 Å². The van der Waals surface area contributed by atoms with Crippen molar-refractivity contribution in [2.75, 3.05) is 49.2 Å². The van der Waals surface area contributed by atoms with Gasteiger partial charge in [0.25, 0.3) is 5.91 Å². The molecule has 5 aliphatic rings. The first kappa shape index (κ1) is 23.5. The summed E-state index contributed by atoms with van der Waals surface area (Å²) in [6.45, 7) is 2.47. The van der Waals surface area contributed by atoms with Crippen LogP contribution in [0.1, 0.15) is 24.8 Å². The molecule has 4 atom stereocenters. The van der Waals surface area contributed by atoms with Crippen molar-refractivity contribution in [3.8, 4) is 0 Å². The van der Waals surface area contributed by atoms with Crippen LogP contribution in [0.5, 0.6) is 0 Å². The maximum atomic E-state index is 14.7. The number of carbonyl (C=O) groups excluding carboxylic acids is 4. The van der Waals surface area contributed by atoms with Crippen molar-refractivity contribution in [1.29, 1.82) is 0 Å². The van der Waals surface area contributed by atoms with Crippen molar-refractivity contribution in [3.05, 3.63) is 60.2 Å². The molecule has 4 fully saturated rings. The van der Waals surface area contributed by atoms with Crippen LogP contribution >= 0.6 is 0 Å². The molecule has 0 radical (unpaired) electrons. The summed E-state index contributed by atoms with van der Waals surface area (Å²) in [5.74, 6) is -2.41. The van der Waals surface area contributed by atoms with E-state index in [2.05, 4.69) is 4.90 Å². The van der Waals surface area contributed by atoms with E-state index in [0.29, 0.717) is 44.2 Å². The number of ether oxygens (including phenoxy) is 1. The lowest BCUT2D eigenvalue weighted by molar-refractivity contribution is -0.140. The Morgan fingerprint density at radius 3 is 2.42 bits per heavy atom. The van der Waals surface area contributed by atoms with Gasteiger partial charge in [-0.15, -0.1) is 0 Å². The second-order valence-electron chi connectivity index (χ2n) is 10.8. The van der Waals surface area contributed by atoms with Gasteiger partial charge in [0, 0.05) is 30.4 Å². The highest BCUT2D eigenvalue weighted by Crippen LogP contribution is 2.61. The molecule has 2 aromatic rings. The molecule has 0 N–H and O–H groups in total. The van der Waals surface area contributed by atoms with Crippen LogP contribution in [-0.2, 0) is 29.5 Å². The lowest BCUT2D eigenvalue weighted by Gasteiger charge is -2.42. The van der Waals surface area contributed by atoms with Gasteiger partial charge in [0.05, 0.1) is 30.7 Å². The molecular weight excluding hydrogens is 484 g/mol. The van der Waals surface area contributed by atoms with Crippen LogP contribution in [-0.4, -0.2) is 78.9 Å². The molecule has 7 rings (SSSR count). The van der Waals surface area contributed by atoms with Crippen molar-refractivity contribution < 1.29 is 23.9 Å². The van der Waals surface area contributed by atoms with E-state index in [4.69, 9.17) is 4.74 Å². The van der Waals surface area contributed by atoms with Crippen LogP contribution in [0.2, 0.25) is 0 Å². The second-order valence-corrected chi connectivity index (χ2v) is 10.8. The lowest BCUT2D eigenvalue weighted by atomic mass is 9.76. The molecule has 38 heavy (non-hydrogen) atoms. The fourth-order valence-electron chi connectivity index (χ4n) is 7.54. The molecule has 0 unspecified atom stereocenters. The molecule has 0 saturated carbocycles. The third kappa shape index (κ3) is 3.06. The Morgan fingerprint density at radius 2 is 1.63 bits per heavy atom. The molecule has 196 valence electrons. The number of carbonyl (C=O) groups is 4. The van der Waals surface area contributed by atoms with Gasteiger partial charge in [-0.25, -0.2) is 4.90 Å². The zero-order valence-electron chi connectivity index (χ0n) is 21.1. The van der Waals surface area contributed by atoms with Gasteiger partial charge in [0.1, 0.15) is 12.1 Å². The number of nitrogens with zero attached hydrogens (tertiary/aromatic N) is 4. The molecule has 9 nitrogen and oxygen atoms in total. The molecule has 5 heterocycles. The molecular formula is C29H30N4O5. The van der Waals surface area contributed by atoms with Gasteiger partial charge in [-0.3, -0.25) is 24.1 Å². The summed E-state index contributed by atoms with van der Waals surface area (Å²) in [4.78, 5) is 62.9. The number of hydrogen-bond donors (Lipinski definition) is 0. The number of piperidine rings is 1. The quantitative estimate of drug-likeness (QED) is 0.580. The predicted octanol–water partition coefficient (Wildman–Crippen LogP) is 1.76. The summed E-state index contributed by atoms with van der Waals surface area (Å²) in [5, 5.41) is 0. The van der Waals surface area contributed by atoms with Crippen molar-refractivity contribution in [2.24, 2.45) is 11.8 Å². The molecule has 4 amide bonds. The highest BCUT2D eigenvalue weighted by Gasteiger charge is 2.75. The minimum Gasteiger partial charge on any atom is -0.378 e. The summed E-state index contributed by atoms with van der Waals surface area (Å²) in [5.41, 5.74) is 0.624. The van der Waals surface area contributed by atoms with Crippen LogP contribution in [0.25, 0.3) is 0 Å². The molecule has 4 saturated heterocycles. The standard InChI is InChI=1S/C29H30N4O5/c34-23(30-14-16-38-17-15-30)18-31-21-11-5-4-10-20(21)29(28(31)37)25-24(22-12-6-7-13-32(22)29)26(35)33(27(25)36)19-8-2-1-3-9-19/h1-5,8-11,22,24-25H,6-7,12-18H2/t22-,24+,25-,29-/m0/s1. The first-order chi connectivity index (χ1) is 18.5. The predicted molar refractivity (Wildman–Crippen MR) is 138 cm³/mol. The van der Waals surface area contributed by atoms with Gasteiger partial charge in [0.15, 0.2) is 0 Å². The number of rotatable bonds is 3. The average molecular weight is 515 g/mol. The van der Waals surface area contributed by atoms with Crippen molar-refractivity contribution in [3.63, 3.8) is 0 Å². The van der Waals surface area contributed by atoms with Crippen molar-refractivity contribution in [2.45, 2.75) is 30.8 Å². The Kier molecular flexibility index (Phi) is 5.42. The van der Waals surface area contributed by atoms with Crippen LogP contribution in [0.15, 0.2) is 54.6 Å². The highest BCUT2D eigenvalue weighted by atomic mass is 16.5. The molecule has 0 aromatic heterocycles. The van der Waals surface area contributed by atoms with Gasteiger partial charge < -0.3 is 14.5 Å². The zero-order valence-corrected chi connectivity index (χ0v) is 21.1.